The lowest BCUT2D eigenvalue weighted by Crippen LogP contribution is -2.41. The van der Waals surface area contributed by atoms with Gasteiger partial charge in [-0.3, -0.25) is 5.32 Å². The molecule has 10 heteroatoms. The number of anilines is 3. The molecule has 3 aromatic rings. The number of fused-ring (bicyclic) bond motifs is 2. The van der Waals surface area contributed by atoms with E-state index in [0.29, 0.717) is 52.7 Å². The van der Waals surface area contributed by atoms with Crippen LogP contribution in [-0.2, 0) is 4.74 Å². The van der Waals surface area contributed by atoms with Gasteiger partial charge in [-0.15, -0.1) is 0 Å². The van der Waals surface area contributed by atoms with Gasteiger partial charge in [-0.05, 0) is 80.6 Å². The second-order valence-electron chi connectivity index (χ2n) is 10.2. The summed E-state index contributed by atoms with van der Waals surface area (Å²) in [6.45, 7) is 5.22. The topological polar surface area (TPSA) is 123 Å². The van der Waals surface area contributed by atoms with Gasteiger partial charge in [-0.1, -0.05) is 0 Å². The van der Waals surface area contributed by atoms with Gasteiger partial charge in [-0.2, -0.15) is 0 Å². The first-order chi connectivity index (χ1) is 18.0. The third-order valence-electron chi connectivity index (χ3n) is 7.92. The molecule has 4 heterocycles. The van der Waals surface area contributed by atoms with E-state index in [4.69, 9.17) is 15.2 Å². The number of ether oxygens (including phenoxy) is 2. The van der Waals surface area contributed by atoms with E-state index in [9.17, 15) is 4.79 Å². The van der Waals surface area contributed by atoms with E-state index in [-0.39, 0.29) is 11.8 Å². The number of nitrogens with two attached hydrogens (primary N) is 1. The number of amides is 1. The Morgan fingerprint density at radius 2 is 1.95 bits per heavy atom. The first-order valence-corrected chi connectivity index (χ1v) is 12.9. The fourth-order valence-electron chi connectivity index (χ4n) is 5.74. The lowest BCUT2D eigenvalue weighted by Gasteiger charge is -2.41. The van der Waals surface area contributed by atoms with Crippen LogP contribution in [0.2, 0.25) is 0 Å². The first kappa shape index (κ1) is 23.7. The zero-order valence-electron chi connectivity index (χ0n) is 20.8. The van der Waals surface area contributed by atoms with Gasteiger partial charge in [0.2, 0.25) is 5.88 Å². The van der Waals surface area contributed by atoms with Gasteiger partial charge in [0.15, 0.2) is 5.82 Å². The molecule has 0 radical (unpaired) electrons. The maximum absolute atomic E-state index is 15.4. The number of halogens is 1. The predicted octanol–water partition coefficient (Wildman–Crippen LogP) is 4.46. The van der Waals surface area contributed by atoms with E-state index in [0.717, 1.165) is 43.1 Å². The third kappa shape index (κ3) is 4.50. The average molecular weight is 507 g/mol. The molecule has 1 amide bonds. The first-order valence-electron chi connectivity index (χ1n) is 12.9. The number of carbonyl (C=O) groups is 1. The van der Waals surface area contributed by atoms with Crippen LogP contribution in [-0.4, -0.2) is 48.4 Å². The molecule has 2 fully saturated rings. The van der Waals surface area contributed by atoms with E-state index in [2.05, 4.69) is 25.9 Å². The molecule has 1 saturated carbocycles. The number of piperidine rings is 1. The lowest BCUT2D eigenvalue weighted by molar-refractivity contribution is -0.00365. The zero-order chi connectivity index (χ0) is 25.5. The van der Waals surface area contributed by atoms with Crippen molar-refractivity contribution in [2.45, 2.75) is 38.7 Å². The summed E-state index contributed by atoms with van der Waals surface area (Å²) in [5.74, 6) is 1.65. The second kappa shape index (κ2) is 9.66. The number of benzene rings is 1. The van der Waals surface area contributed by atoms with E-state index < -0.39 is 11.9 Å². The Labute approximate surface area is 214 Å². The Bertz CT molecular complexity index is 1350. The predicted molar refractivity (Wildman–Crippen MR) is 140 cm³/mol. The number of hydrogen-bond donors (Lipinski definition) is 4. The summed E-state index contributed by atoms with van der Waals surface area (Å²) in [6, 6.07) is 3.38. The molecule has 6 rings (SSSR count). The number of pyridine rings is 2. The molecule has 194 valence electrons. The lowest BCUT2D eigenvalue weighted by atomic mass is 9.70. The molecule has 37 heavy (non-hydrogen) atoms. The summed E-state index contributed by atoms with van der Waals surface area (Å²) in [6.07, 6.45) is 6.69. The summed E-state index contributed by atoms with van der Waals surface area (Å²) in [7, 11) is 0. The quantitative estimate of drug-likeness (QED) is 0.383. The van der Waals surface area contributed by atoms with Crippen LogP contribution in [0.3, 0.4) is 0 Å². The summed E-state index contributed by atoms with van der Waals surface area (Å²) in [5.41, 5.74) is 8.67. The van der Waals surface area contributed by atoms with Gasteiger partial charge in [0, 0.05) is 35.5 Å². The normalized spacial score (nSPS) is 21.4. The van der Waals surface area contributed by atoms with E-state index >= 15 is 4.39 Å². The minimum Gasteiger partial charge on any atom is -0.474 e. The van der Waals surface area contributed by atoms with Crippen molar-refractivity contribution >= 4 is 34.1 Å². The molecular weight excluding hydrogens is 475 g/mol. The van der Waals surface area contributed by atoms with Crippen molar-refractivity contribution in [2.75, 3.05) is 42.6 Å². The molecule has 1 aliphatic carbocycles. The van der Waals surface area contributed by atoms with Gasteiger partial charge in [0.25, 0.3) is 0 Å². The smallest absolute Gasteiger partial charge is 0.413 e. The highest BCUT2D eigenvalue weighted by Crippen LogP contribution is 2.41. The molecule has 0 atom stereocenters. The van der Waals surface area contributed by atoms with Crippen molar-refractivity contribution in [3.05, 3.63) is 35.9 Å². The number of nitrogens with one attached hydrogen (secondary N) is 3. The van der Waals surface area contributed by atoms with Crippen molar-refractivity contribution in [3.63, 3.8) is 0 Å². The fourth-order valence-corrected chi connectivity index (χ4v) is 5.74. The third-order valence-corrected chi connectivity index (χ3v) is 7.92. The Hall–Kier alpha value is -3.66. The molecule has 0 bridgehead atoms. The van der Waals surface area contributed by atoms with Crippen LogP contribution in [0.4, 0.5) is 26.4 Å². The molecular formula is C27H31FN6O3. The zero-order valence-corrected chi connectivity index (χ0v) is 20.8. The Balaban J connectivity index is 1.19. The molecule has 2 aliphatic heterocycles. The summed E-state index contributed by atoms with van der Waals surface area (Å²) < 4.78 is 26.6. The van der Waals surface area contributed by atoms with Gasteiger partial charge in [0.05, 0.1) is 5.69 Å². The number of nitrogen functional groups attached to an aromatic ring is 1. The minimum atomic E-state index is -0.538. The molecule has 1 saturated heterocycles. The van der Waals surface area contributed by atoms with Crippen LogP contribution in [0.25, 0.3) is 21.9 Å². The van der Waals surface area contributed by atoms with Crippen LogP contribution in [0, 0.1) is 24.6 Å². The Kier molecular flexibility index (Phi) is 6.19. The van der Waals surface area contributed by atoms with Crippen LogP contribution in [0.15, 0.2) is 24.5 Å². The number of hydrogen-bond acceptors (Lipinski definition) is 8. The molecule has 1 aromatic carbocycles. The van der Waals surface area contributed by atoms with Gasteiger partial charge in [0.1, 0.15) is 24.2 Å². The molecule has 9 nitrogen and oxygen atoms in total. The highest BCUT2D eigenvalue weighted by atomic mass is 19.1. The standard InChI is InChI=1S/C27H31FN6O3/c1-14-20(12-33-26-25(14)31-6-7-36-26)19-10-17-11-22(32-13-21(17)24(29)23(19)28)34-27(35)37-18-8-16(9-18)15-2-4-30-5-3-15/h10-13,15-16,18,30-31H,2-9,29H2,1H3,(H,32,34,35). The monoisotopic (exact) mass is 506 g/mol. The van der Waals surface area contributed by atoms with E-state index in [1.807, 2.05) is 6.92 Å². The molecule has 0 spiro atoms. The van der Waals surface area contributed by atoms with Crippen molar-refractivity contribution in [1.82, 2.24) is 15.3 Å². The maximum atomic E-state index is 15.4. The Morgan fingerprint density at radius 3 is 2.76 bits per heavy atom. The minimum absolute atomic E-state index is 0.00567. The summed E-state index contributed by atoms with van der Waals surface area (Å²) >= 11 is 0. The van der Waals surface area contributed by atoms with Crippen molar-refractivity contribution in [2.24, 2.45) is 11.8 Å². The number of rotatable bonds is 4. The molecule has 3 aliphatic rings. The number of carbonyl (C=O) groups excluding carboxylic acids is 1. The molecule has 2 aromatic heterocycles. The highest BCUT2D eigenvalue weighted by molar-refractivity contribution is 5.99. The molecule has 5 N–H and O–H groups in total. The number of nitrogens with zero attached hydrogens (tertiary/aromatic N) is 2. The van der Waals surface area contributed by atoms with Crippen LogP contribution in [0.5, 0.6) is 5.88 Å². The summed E-state index contributed by atoms with van der Waals surface area (Å²) in [4.78, 5) is 21.2. The SMILES string of the molecule is Cc1c(-c2cc3cc(NC(=O)OC4CC(C5CCNCC5)C4)ncc3c(N)c2F)cnc2c1NCCO2. The largest absolute Gasteiger partial charge is 0.474 e. The number of aromatic nitrogens is 2. The summed E-state index contributed by atoms with van der Waals surface area (Å²) in [5, 5.41) is 10.5. The van der Waals surface area contributed by atoms with Crippen molar-refractivity contribution < 1.29 is 18.7 Å². The van der Waals surface area contributed by atoms with E-state index in [1.54, 1.807) is 18.3 Å². The van der Waals surface area contributed by atoms with Gasteiger partial charge in [-0.25, -0.2) is 19.2 Å². The van der Waals surface area contributed by atoms with Gasteiger partial charge >= 0.3 is 6.09 Å². The maximum Gasteiger partial charge on any atom is 0.413 e. The van der Waals surface area contributed by atoms with Crippen LogP contribution in [0.1, 0.15) is 31.2 Å². The highest BCUT2D eigenvalue weighted by Gasteiger charge is 2.37. The van der Waals surface area contributed by atoms with Gasteiger partial charge < -0.3 is 25.8 Å². The molecule has 0 unspecified atom stereocenters. The van der Waals surface area contributed by atoms with Crippen LogP contribution < -0.4 is 26.4 Å². The fraction of sp³-hybridized carbons (Fsp3) is 0.444. The van der Waals surface area contributed by atoms with Crippen molar-refractivity contribution in [3.8, 4) is 17.0 Å². The van der Waals surface area contributed by atoms with E-state index in [1.165, 1.54) is 19.0 Å². The van der Waals surface area contributed by atoms with Crippen molar-refractivity contribution in [1.29, 1.82) is 0 Å². The average Bonchev–Trinajstić information content (AvgIpc) is 2.89. The second-order valence-corrected chi connectivity index (χ2v) is 10.2. The Morgan fingerprint density at radius 1 is 1.14 bits per heavy atom. The van der Waals surface area contributed by atoms with Crippen LogP contribution >= 0.6 is 0 Å².